The van der Waals surface area contributed by atoms with Gasteiger partial charge in [-0.05, 0) is 42.5 Å². The summed E-state index contributed by atoms with van der Waals surface area (Å²) in [4.78, 5) is 13.1. The van der Waals surface area contributed by atoms with Crippen LogP contribution in [0.4, 0.5) is 11.6 Å². The molecule has 1 aliphatic heterocycles. The van der Waals surface area contributed by atoms with Crippen LogP contribution in [-0.2, 0) is 4.74 Å². The van der Waals surface area contributed by atoms with Crippen molar-refractivity contribution in [3.8, 4) is 28.8 Å². The third-order valence-electron chi connectivity index (χ3n) is 5.42. The number of nitriles is 1. The summed E-state index contributed by atoms with van der Waals surface area (Å²) in [5.41, 5.74) is 3.86. The van der Waals surface area contributed by atoms with Gasteiger partial charge in [-0.1, -0.05) is 6.07 Å². The summed E-state index contributed by atoms with van der Waals surface area (Å²) in [6.45, 7) is 1.37. The molecule has 8 nitrogen and oxygen atoms in total. The maximum atomic E-state index is 9.67. The number of nitrogens with zero attached hydrogens (tertiary/aromatic N) is 5. The fraction of sp³-hybridized carbons (Fsp3) is 0.200. The molecule has 5 rings (SSSR count). The monoisotopic (exact) mass is 438 g/mol. The lowest BCUT2D eigenvalue weighted by Gasteiger charge is -2.23. The third-order valence-corrected chi connectivity index (χ3v) is 5.42. The largest absolute Gasteiger partial charge is 0.489 e. The molecule has 1 aliphatic rings. The van der Waals surface area contributed by atoms with E-state index in [9.17, 15) is 5.26 Å². The van der Waals surface area contributed by atoms with Crippen molar-refractivity contribution in [2.24, 2.45) is 0 Å². The molecule has 0 bridgehead atoms. The van der Waals surface area contributed by atoms with E-state index in [2.05, 4.69) is 26.3 Å². The molecule has 0 saturated carbocycles. The van der Waals surface area contributed by atoms with Crippen molar-refractivity contribution in [3.63, 3.8) is 0 Å². The van der Waals surface area contributed by atoms with E-state index in [-0.39, 0.29) is 6.10 Å². The third kappa shape index (κ3) is 4.84. The molecule has 1 saturated heterocycles. The first-order valence-electron chi connectivity index (χ1n) is 10.8. The predicted octanol–water partition coefficient (Wildman–Crippen LogP) is 4.50. The molecular weight excluding hydrogens is 416 g/mol. The number of imidazole rings is 1. The summed E-state index contributed by atoms with van der Waals surface area (Å²) < 4.78 is 13.4. The second-order valence-corrected chi connectivity index (χ2v) is 7.66. The molecular formula is C25H22N6O2. The Morgan fingerprint density at radius 1 is 1.09 bits per heavy atom. The van der Waals surface area contributed by atoms with Gasteiger partial charge in [0, 0.05) is 48.4 Å². The minimum atomic E-state index is 0.0737. The summed E-state index contributed by atoms with van der Waals surface area (Å²) in [7, 11) is 0. The fourth-order valence-corrected chi connectivity index (χ4v) is 3.72. The standard InChI is InChI=1S/C25H22N6O2/c26-16-19-14-18(4-5-24(19)33-22-7-12-32-13-8-22)23-6-9-28-25(30-23)29-20-2-1-3-21(15-20)31-11-10-27-17-31/h1-6,9-11,14-15,17,22H,7-8,12-13H2,(H,28,29,30). The molecule has 0 aliphatic carbocycles. The number of nitrogens with one attached hydrogen (secondary N) is 1. The highest BCUT2D eigenvalue weighted by molar-refractivity contribution is 5.66. The topological polar surface area (TPSA) is 97.9 Å². The van der Waals surface area contributed by atoms with Crippen molar-refractivity contribution in [1.82, 2.24) is 19.5 Å². The summed E-state index contributed by atoms with van der Waals surface area (Å²) >= 11 is 0. The van der Waals surface area contributed by atoms with E-state index in [0.717, 1.165) is 29.8 Å². The van der Waals surface area contributed by atoms with Gasteiger partial charge in [0.2, 0.25) is 5.95 Å². The van der Waals surface area contributed by atoms with Crippen molar-refractivity contribution in [1.29, 1.82) is 5.26 Å². The molecule has 8 heteroatoms. The second kappa shape index (κ2) is 9.51. The van der Waals surface area contributed by atoms with Crippen molar-refractivity contribution in [2.45, 2.75) is 18.9 Å². The molecule has 3 heterocycles. The molecule has 0 amide bonds. The Morgan fingerprint density at radius 3 is 2.82 bits per heavy atom. The molecule has 33 heavy (non-hydrogen) atoms. The van der Waals surface area contributed by atoms with Gasteiger partial charge >= 0.3 is 0 Å². The van der Waals surface area contributed by atoms with Crippen LogP contribution in [0.25, 0.3) is 16.9 Å². The number of ether oxygens (including phenoxy) is 2. The Balaban J connectivity index is 1.36. The van der Waals surface area contributed by atoms with Gasteiger partial charge in [-0.2, -0.15) is 5.26 Å². The zero-order valence-corrected chi connectivity index (χ0v) is 17.9. The van der Waals surface area contributed by atoms with Gasteiger partial charge in [-0.25, -0.2) is 15.0 Å². The van der Waals surface area contributed by atoms with Crippen LogP contribution in [0.15, 0.2) is 73.4 Å². The van der Waals surface area contributed by atoms with Gasteiger partial charge in [0.15, 0.2) is 0 Å². The van der Waals surface area contributed by atoms with Crippen LogP contribution in [0, 0.1) is 11.3 Å². The second-order valence-electron chi connectivity index (χ2n) is 7.66. The van der Waals surface area contributed by atoms with Crippen LogP contribution in [0.2, 0.25) is 0 Å². The molecule has 2 aromatic heterocycles. The highest BCUT2D eigenvalue weighted by atomic mass is 16.5. The van der Waals surface area contributed by atoms with E-state index < -0.39 is 0 Å². The summed E-state index contributed by atoms with van der Waals surface area (Å²) in [6.07, 6.45) is 8.80. The van der Waals surface area contributed by atoms with Crippen LogP contribution in [-0.4, -0.2) is 38.8 Å². The normalized spacial score (nSPS) is 13.9. The SMILES string of the molecule is N#Cc1cc(-c2ccnc(Nc3cccc(-n4ccnc4)c3)n2)ccc1OC1CCOCC1. The minimum Gasteiger partial charge on any atom is -0.489 e. The predicted molar refractivity (Wildman–Crippen MR) is 123 cm³/mol. The molecule has 0 radical (unpaired) electrons. The lowest BCUT2D eigenvalue weighted by Crippen LogP contribution is -2.26. The number of hydrogen-bond acceptors (Lipinski definition) is 7. The van der Waals surface area contributed by atoms with Gasteiger partial charge in [-0.15, -0.1) is 0 Å². The fourth-order valence-electron chi connectivity index (χ4n) is 3.72. The molecule has 2 aromatic carbocycles. The van der Waals surface area contributed by atoms with E-state index in [1.165, 1.54) is 0 Å². The Morgan fingerprint density at radius 2 is 2.00 bits per heavy atom. The highest BCUT2D eigenvalue weighted by Crippen LogP contribution is 2.28. The number of rotatable bonds is 6. The van der Waals surface area contributed by atoms with Gasteiger partial charge in [0.1, 0.15) is 17.9 Å². The van der Waals surface area contributed by atoms with Crippen molar-refractivity contribution in [3.05, 3.63) is 79.0 Å². The zero-order valence-electron chi connectivity index (χ0n) is 17.9. The smallest absolute Gasteiger partial charge is 0.227 e. The number of aromatic nitrogens is 4. The summed E-state index contributed by atoms with van der Waals surface area (Å²) in [5, 5.41) is 12.9. The number of hydrogen-bond donors (Lipinski definition) is 1. The van der Waals surface area contributed by atoms with Gasteiger partial charge in [0.05, 0.1) is 30.8 Å². The first-order chi connectivity index (χ1) is 16.3. The average Bonchev–Trinajstić information content (AvgIpc) is 3.41. The van der Waals surface area contributed by atoms with Crippen molar-refractivity contribution < 1.29 is 9.47 Å². The van der Waals surface area contributed by atoms with E-state index in [1.807, 2.05) is 53.2 Å². The Bertz CT molecular complexity index is 1280. The van der Waals surface area contributed by atoms with Crippen LogP contribution < -0.4 is 10.1 Å². The van der Waals surface area contributed by atoms with Gasteiger partial charge < -0.3 is 19.4 Å². The molecule has 0 atom stereocenters. The van der Waals surface area contributed by atoms with Crippen LogP contribution in [0.3, 0.4) is 0 Å². The van der Waals surface area contributed by atoms with E-state index in [1.54, 1.807) is 24.8 Å². The van der Waals surface area contributed by atoms with E-state index in [0.29, 0.717) is 36.2 Å². The Kier molecular flexibility index (Phi) is 5.95. The summed E-state index contributed by atoms with van der Waals surface area (Å²) in [6, 6.07) is 17.5. The Labute approximate surface area is 191 Å². The first kappa shape index (κ1) is 20.7. The van der Waals surface area contributed by atoms with Crippen molar-refractivity contribution in [2.75, 3.05) is 18.5 Å². The van der Waals surface area contributed by atoms with Gasteiger partial charge in [-0.3, -0.25) is 0 Å². The van der Waals surface area contributed by atoms with Crippen LogP contribution in [0.5, 0.6) is 5.75 Å². The highest BCUT2D eigenvalue weighted by Gasteiger charge is 2.17. The van der Waals surface area contributed by atoms with Crippen LogP contribution in [0.1, 0.15) is 18.4 Å². The lowest BCUT2D eigenvalue weighted by atomic mass is 10.1. The molecule has 1 fully saturated rings. The molecule has 4 aromatic rings. The molecule has 1 N–H and O–H groups in total. The minimum absolute atomic E-state index is 0.0737. The van der Waals surface area contributed by atoms with Gasteiger partial charge in [0.25, 0.3) is 0 Å². The zero-order chi connectivity index (χ0) is 22.5. The average molecular weight is 438 g/mol. The lowest BCUT2D eigenvalue weighted by molar-refractivity contribution is 0.0254. The van der Waals surface area contributed by atoms with E-state index >= 15 is 0 Å². The maximum absolute atomic E-state index is 9.67. The molecule has 164 valence electrons. The molecule has 0 unspecified atom stereocenters. The number of benzene rings is 2. The number of anilines is 2. The van der Waals surface area contributed by atoms with E-state index in [4.69, 9.17) is 9.47 Å². The van der Waals surface area contributed by atoms with Crippen LogP contribution >= 0.6 is 0 Å². The maximum Gasteiger partial charge on any atom is 0.227 e. The Hall–Kier alpha value is -4.22. The summed E-state index contributed by atoms with van der Waals surface area (Å²) in [5.74, 6) is 1.06. The molecule has 0 spiro atoms. The van der Waals surface area contributed by atoms with Crippen molar-refractivity contribution >= 4 is 11.6 Å². The quantitative estimate of drug-likeness (QED) is 0.473. The first-order valence-corrected chi connectivity index (χ1v) is 10.8.